The molecule has 1 aliphatic rings. The second-order valence-corrected chi connectivity index (χ2v) is 4.68. The highest BCUT2D eigenvalue weighted by molar-refractivity contribution is 5.96. The van der Waals surface area contributed by atoms with Crippen molar-refractivity contribution in [2.24, 2.45) is 5.92 Å². The van der Waals surface area contributed by atoms with Gasteiger partial charge in [-0.15, -0.1) is 0 Å². The Hall–Kier alpha value is -1.85. The molecule has 0 aromatic carbocycles. The summed E-state index contributed by atoms with van der Waals surface area (Å²) in [5.41, 5.74) is 0. The Morgan fingerprint density at radius 3 is 2.89 bits per heavy atom. The molecular formula is C12H17N3O3. The van der Waals surface area contributed by atoms with Crippen molar-refractivity contribution in [2.45, 2.75) is 38.3 Å². The zero-order valence-electron chi connectivity index (χ0n) is 10.2. The molecule has 2 rings (SSSR count). The monoisotopic (exact) mass is 251 g/mol. The highest BCUT2D eigenvalue weighted by atomic mass is 16.4. The van der Waals surface area contributed by atoms with E-state index in [0.717, 1.165) is 19.3 Å². The van der Waals surface area contributed by atoms with Crippen LogP contribution < -0.4 is 5.32 Å². The number of carboxylic acids is 1. The fourth-order valence-electron chi connectivity index (χ4n) is 2.35. The maximum absolute atomic E-state index is 11.7. The second-order valence-electron chi connectivity index (χ2n) is 4.68. The molecule has 1 fully saturated rings. The van der Waals surface area contributed by atoms with Gasteiger partial charge in [0.25, 0.3) is 0 Å². The van der Waals surface area contributed by atoms with Crippen molar-refractivity contribution in [3.63, 3.8) is 0 Å². The van der Waals surface area contributed by atoms with Gasteiger partial charge in [-0.05, 0) is 26.2 Å². The summed E-state index contributed by atoms with van der Waals surface area (Å²) in [5, 5.41) is 11.6. The molecule has 0 radical (unpaired) electrons. The lowest BCUT2D eigenvalue weighted by Crippen LogP contribution is -2.42. The number of aromatic nitrogens is 2. The van der Waals surface area contributed by atoms with E-state index < -0.39 is 17.8 Å². The molecule has 1 aliphatic carbocycles. The minimum atomic E-state index is -1.09. The first-order valence-corrected chi connectivity index (χ1v) is 6.10. The topological polar surface area (TPSA) is 84.2 Å². The number of nitrogens with one attached hydrogen (secondary N) is 1. The number of nitrogens with zero attached hydrogens (tertiary/aromatic N) is 2. The molecule has 1 aromatic rings. The summed E-state index contributed by atoms with van der Waals surface area (Å²) in [7, 11) is 0. The van der Waals surface area contributed by atoms with Gasteiger partial charge in [0, 0.05) is 18.4 Å². The number of rotatable bonds is 4. The Kier molecular flexibility index (Phi) is 3.64. The van der Waals surface area contributed by atoms with Gasteiger partial charge in [0.15, 0.2) is 0 Å². The van der Waals surface area contributed by atoms with E-state index in [0.29, 0.717) is 0 Å². The number of amides is 1. The van der Waals surface area contributed by atoms with Crippen molar-refractivity contribution in [3.05, 3.63) is 18.7 Å². The van der Waals surface area contributed by atoms with Crippen molar-refractivity contribution in [1.29, 1.82) is 0 Å². The largest absolute Gasteiger partial charge is 0.481 e. The van der Waals surface area contributed by atoms with Gasteiger partial charge >= 0.3 is 5.97 Å². The van der Waals surface area contributed by atoms with Gasteiger partial charge in [-0.1, -0.05) is 0 Å². The zero-order chi connectivity index (χ0) is 13.1. The van der Waals surface area contributed by atoms with Crippen LogP contribution in [0.15, 0.2) is 18.7 Å². The average molecular weight is 251 g/mol. The maximum Gasteiger partial charge on any atom is 0.315 e. The van der Waals surface area contributed by atoms with Crippen LogP contribution in [0.25, 0.3) is 0 Å². The molecule has 0 aliphatic heterocycles. The first kappa shape index (κ1) is 12.6. The number of carbonyl (C=O) groups is 2. The molecule has 0 spiro atoms. The first-order valence-electron chi connectivity index (χ1n) is 6.10. The van der Waals surface area contributed by atoms with Crippen molar-refractivity contribution < 1.29 is 14.7 Å². The van der Waals surface area contributed by atoms with E-state index in [1.807, 2.05) is 10.8 Å². The molecule has 3 atom stereocenters. The molecule has 0 bridgehead atoms. The highest BCUT2D eigenvalue weighted by Crippen LogP contribution is 2.30. The zero-order valence-corrected chi connectivity index (χ0v) is 10.2. The molecular weight excluding hydrogens is 234 g/mol. The summed E-state index contributed by atoms with van der Waals surface area (Å²) < 4.78 is 1.98. The standard InChI is InChI=1S/C12H17N3O3/c1-8(12(17)18)11(16)14-9-3-2-4-10(9)15-6-5-13-7-15/h5-10H,2-4H2,1H3,(H,14,16)(H,17,18). The number of hydrogen-bond acceptors (Lipinski definition) is 3. The van der Waals surface area contributed by atoms with E-state index in [-0.39, 0.29) is 12.1 Å². The molecule has 1 amide bonds. The highest BCUT2D eigenvalue weighted by Gasteiger charge is 2.32. The lowest BCUT2D eigenvalue weighted by atomic mass is 10.1. The van der Waals surface area contributed by atoms with E-state index in [1.54, 1.807) is 12.5 Å². The molecule has 0 saturated heterocycles. The summed E-state index contributed by atoms with van der Waals surface area (Å²) >= 11 is 0. The van der Waals surface area contributed by atoms with Gasteiger partial charge < -0.3 is 15.0 Å². The van der Waals surface area contributed by atoms with E-state index in [1.165, 1.54) is 6.92 Å². The Balaban J connectivity index is 2.00. The van der Waals surface area contributed by atoms with Gasteiger partial charge in [0.05, 0.1) is 12.4 Å². The van der Waals surface area contributed by atoms with E-state index in [4.69, 9.17) is 5.11 Å². The van der Waals surface area contributed by atoms with Gasteiger partial charge in [-0.2, -0.15) is 0 Å². The number of carbonyl (C=O) groups excluding carboxylic acids is 1. The predicted octanol–water partition coefficient (Wildman–Crippen LogP) is 0.814. The van der Waals surface area contributed by atoms with Crippen molar-refractivity contribution >= 4 is 11.9 Å². The minimum absolute atomic E-state index is 0.00602. The SMILES string of the molecule is CC(C(=O)O)C(=O)NC1CCCC1n1ccnc1. The van der Waals surface area contributed by atoms with Gasteiger partial charge in [0.2, 0.25) is 5.91 Å². The van der Waals surface area contributed by atoms with Crippen molar-refractivity contribution in [2.75, 3.05) is 0 Å². The van der Waals surface area contributed by atoms with E-state index >= 15 is 0 Å². The van der Waals surface area contributed by atoms with Crippen LogP contribution in [-0.2, 0) is 9.59 Å². The number of hydrogen-bond donors (Lipinski definition) is 2. The number of carboxylic acid groups (broad SMARTS) is 1. The normalized spacial score (nSPS) is 24.7. The predicted molar refractivity (Wildman–Crippen MR) is 63.8 cm³/mol. The van der Waals surface area contributed by atoms with Crippen LogP contribution in [0, 0.1) is 5.92 Å². The fourth-order valence-corrected chi connectivity index (χ4v) is 2.35. The molecule has 1 heterocycles. The fraction of sp³-hybridized carbons (Fsp3) is 0.583. The summed E-state index contributed by atoms with van der Waals surface area (Å²) in [5.74, 6) is -2.52. The Labute approximate surface area is 105 Å². The molecule has 18 heavy (non-hydrogen) atoms. The maximum atomic E-state index is 11.7. The molecule has 1 saturated carbocycles. The Morgan fingerprint density at radius 1 is 1.50 bits per heavy atom. The first-order chi connectivity index (χ1) is 8.59. The number of imidazole rings is 1. The van der Waals surface area contributed by atoms with Crippen LogP contribution in [0.2, 0.25) is 0 Å². The summed E-state index contributed by atoms with van der Waals surface area (Å²) in [6, 6.07) is 0.172. The number of aliphatic carboxylic acids is 1. The molecule has 2 N–H and O–H groups in total. The van der Waals surface area contributed by atoms with E-state index in [2.05, 4.69) is 10.3 Å². The third kappa shape index (κ3) is 2.52. The third-order valence-electron chi connectivity index (χ3n) is 3.48. The lowest BCUT2D eigenvalue weighted by Gasteiger charge is -2.23. The van der Waals surface area contributed by atoms with Crippen LogP contribution in [-0.4, -0.2) is 32.6 Å². The molecule has 98 valence electrons. The van der Waals surface area contributed by atoms with Crippen molar-refractivity contribution in [1.82, 2.24) is 14.9 Å². The Bertz CT molecular complexity index is 430. The summed E-state index contributed by atoms with van der Waals surface area (Å²) in [4.78, 5) is 26.5. The minimum Gasteiger partial charge on any atom is -0.481 e. The quantitative estimate of drug-likeness (QED) is 0.776. The summed E-state index contributed by atoms with van der Waals surface area (Å²) in [6.45, 7) is 1.40. The molecule has 6 nitrogen and oxygen atoms in total. The molecule has 3 unspecified atom stereocenters. The van der Waals surface area contributed by atoms with Crippen LogP contribution in [0.5, 0.6) is 0 Å². The third-order valence-corrected chi connectivity index (χ3v) is 3.48. The Morgan fingerprint density at radius 2 is 2.28 bits per heavy atom. The van der Waals surface area contributed by atoms with Crippen LogP contribution in [0.3, 0.4) is 0 Å². The van der Waals surface area contributed by atoms with Gasteiger partial charge in [-0.3, -0.25) is 9.59 Å². The average Bonchev–Trinajstić information content (AvgIpc) is 2.96. The second kappa shape index (κ2) is 5.20. The van der Waals surface area contributed by atoms with Crippen molar-refractivity contribution in [3.8, 4) is 0 Å². The van der Waals surface area contributed by atoms with Crippen LogP contribution >= 0.6 is 0 Å². The van der Waals surface area contributed by atoms with Gasteiger partial charge in [0.1, 0.15) is 5.92 Å². The molecule has 1 aromatic heterocycles. The van der Waals surface area contributed by atoms with E-state index in [9.17, 15) is 9.59 Å². The molecule has 6 heteroatoms. The van der Waals surface area contributed by atoms with Crippen LogP contribution in [0.4, 0.5) is 0 Å². The smallest absolute Gasteiger partial charge is 0.315 e. The summed E-state index contributed by atoms with van der Waals surface area (Å²) in [6.07, 6.45) is 8.18. The van der Waals surface area contributed by atoms with Gasteiger partial charge in [-0.25, -0.2) is 4.98 Å². The lowest BCUT2D eigenvalue weighted by molar-refractivity contribution is -0.146. The van der Waals surface area contributed by atoms with Crippen LogP contribution in [0.1, 0.15) is 32.2 Å².